The number of hydrogen-bond acceptors (Lipinski definition) is 5. The summed E-state index contributed by atoms with van der Waals surface area (Å²) in [6, 6.07) is 12.6. The van der Waals surface area contributed by atoms with Crippen molar-refractivity contribution in [1.82, 2.24) is 21.1 Å². The highest BCUT2D eigenvalue weighted by Crippen LogP contribution is 2.23. The molecule has 1 saturated heterocycles. The van der Waals surface area contributed by atoms with Gasteiger partial charge in [0, 0.05) is 30.4 Å². The molecule has 1 fully saturated rings. The lowest BCUT2D eigenvalue weighted by molar-refractivity contribution is -0.117. The largest absolute Gasteiger partial charge is 0.351 e. The Morgan fingerprint density at radius 2 is 1.71 bits per heavy atom. The van der Waals surface area contributed by atoms with Crippen LogP contribution >= 0.6 is 0 Å². The third-order valence-corrected chi connectivity index (χ3v) is 5.51. The highest BCUT2D eigenvalue weighted by Gasteiger charge is 2.30. The minimum atomic E-state index is -0.418. The van der Waals surface area contributed by atoms with Crippen molar-refractivity contribution in [2.45, 2.75) is 32.4 Å². The van der Waals surface area contributed by atoms with E-state index in [0.717, 1.165) is 25.2 Å². The molecule has 0 saturated carbocycles. The van der Waals surface area contributed by atoms with Crippen LogP contribution in [0.25, 0.3) is 0 Å². The van der Waals surface area contributed by atoms with Gasteiger partial charge in [0.05, 0.1) is 0 Å². The Balaban J connectivity index is 1.47. The Morgan fingerprint density at radius 1 is 1.03 bits per heavy atom. The van der Waals surface area contributed by atoms with Crippen molar-refractivity contribution in [3.8, 4) is 0 Å². The zero-order valence-corrected chi connectivity index (χ0v) is 18.0. The third-order valence-electron chi connectivity index (χ3n) is 5.51. The first-order chi connectivity index (χ1) is 15.0. The van der Waals surface area contributed by atoms with Crippen LogP contribution in [-0.2, 0) is 4.79 Å². The highest BCUT2D eigenvalue weighted by molar-refractivity contribution is 5.97. The monoisotopic (exact) mass is 427 g/mol. The second-order valence-corrected chi connectivity index (χ2v) is 7.53. The van der Waals surface area contributed by atoms with Crippen molar-refractivity contribution in [1.29, 1.82) is 0 Å². The fourth-order valence-electron chi connectivity index (χ4n) is 3.55. The smallest absolute Gasteiger partial charge is 0.251 e. The zero-order chi connectivity index (χ0) is 22.2. The van der Waals surface area contributed by atoms with Gasteiger partial charge in [-0.2, -0.15) is 0 Å². The molecule has 2 aromatic carbocycles. The Kier molecular flexibility index (Phi) is 8.11. The number of hydrogen-bond donors (Lipinski definition) is 4. The van der Waals surface area contributed by atoms with Crippen molar-refractivity contribution in [3.63, 3.8) is 0 Å². The van der Waals surface area contributed by atoms with Crippen LogP contribution in [0.2, 0.25) is 0 Å². The van der Waals surface area contributed by atoms with Gasteiger partial charge in [-0.1, -0.05) is 26.0 Å². The SMILES string of the molecule is CCN(CC)CCNC(=O)c1ccc(NC(=O)C2CC(c3ccc(F)cc3)NN2)cc1. The topological polar surface area (TPSA) is 85.5 Å². The summed E-state index contributed by atoms with van der Waals surface area (Å²) in [7, 11) is 0. The molecule has 0 bridgehead atoms. The standard InChI is InChI=1S/C23H30FN5O2/c1-3-29(4-2)14-13-25-22(30)17-7-11-19(12-8-17)26-23(31)21-15-20(27-28-21)16-5-9-18(24)10-6-16/h5-12,20-21,27-28H,3-4,13-15H2,1-2H3,(H,25,30)(H,26,31). The molecule has 0 aromatic heterocycles. The molecule has 0 radical (unpaired) electrons. The number of carbonyl (C=O) groups is 2. The van der Waals surface area contributed by atoms with Gasteiger partial charge in [-0.3, -0.25) is 9.59 Å². The molecule has 2 atom stereocenters. The van der Waals surface area contributed by atoms with Crippen LogP contribution < -0.4 is 21.5 Å². The summed E-state index contributed by atoms with van der Waals surface area (Å²) in [5.41, 5.74) is 8.16. The Labute approximate surface area is 182 Å². The second-order valence-electron chi connectivity index (χ2n) is 7.53. The van der Waals surface area contributed by atoms with Gasteiger partial charge < -0.3 is 15.5 Å². The number of rotatable bonds is 9. The van der Waals surface area contributed by atoms with Crippen molar-refractivity contribution in [3.05, 3.63) is 65.5 Å². The van der Waals surface area contributed by atoms with Crippen molar-refractivity contribution in [2.24, 2.45) is 0 Å². The maximum atomic E-state index is 13.1. The third kappa shape index (κ3) is 6.33. The molecule has 1 aliphatic heterocycles. The Hall–Kier alpha value is -2.81. The zero-order valence-electron chi connectivity index (χ0n) is 18.0. The minimum Gasteiger partial charge on any atom is -0.351 e. The van der Waals surface area contributed by atoms with Gasteiger partial charge in [-0.05, 0) is 61.5 Å². The number of likely N-dealkylation sites (N-methyl/N-ethyl adjacent to an activating group) is 1. The molecular formula is C23H30FN5O2. The number of nitrogens with zero attached hydrogens (tertiary/aromatic N) is 1. The second kappa shape index (κ2) is 11.0. The van der Waals surface area contributed by atoms with E-state index >= 15 is 0 Å². The molecule has 3 rings (SSSR count). The summed E-state index contributed by atoms with van der Waals surface area (Å²) in [5, 5.41) is 5.78. The normalized spacial score (nSPS) is 18.2. The summed E-state index contributed by atoms with van der Waals surface area (Å²) in [4.78, 5) is 27.1. The van der Waals surface area contributed by atoms with Gasteiger partial charge in [0.25, 0.3) is 5.91 Å². The summed E-state index contributed by atoms with van der Waals surface area (Å²) in [6.07, 6.45) is 0.546. The van der Waals surface area contributed by atoms with Crippen molar-refractivity contribution in [2.75, 3.05) is 31.5 Å². The van der Waals surface area contributed by atoms with E-state index in [4.69, 9.17) is 0 Å². The van der Waals surface area contributed by atoms with Crippen molar-refractivity contribution < 1.29 is 14.0 Å². The van der Waals surface area contributed by atoms with Crippen LogP contribution in [0.3, 0.4) is 0 Å². The van der Waals surface area contributed by atoms with Crippen LogP contribution in [0.15, 0.2) is 48.5 Å². The average Bonchev–Trinajstić information content (AvgIpc) is 3.28. The maximum absolute atomic E-state index is 13.1. The molecule has 2 amide bonds. The number of anilines is 1. The molecule has 0 spiro atoms. The predicted molar refractivity (Wildman–Crippen MR) is 119 cm³/mol. The van der Waals surface area contributed by atoms with E-state index in [1.807, 2.05) is 0 Å². The number of amides is 2. The lowest BCUT2D eigenvalue weighted by Gasteiger charge is -2.18. The van der Waals surface area contributed by atoms with E-state index in [0.29, 0.717) is 24.2 Å². The molecule has 1 heterocycles. The van der Waals surface area contributed by atoms with E-state index < -0.39 is 6.04 Å². The minimum absolute atomic E-state index is 0.0706. The van der Waals surface area contributed by atoms with E-state index in [1.165, 1.54) is 12.1 Å². The van der Waals surface area contributed by atoms with Gasteiger partial charge >= 0.3 is 0 Å². The molecule has 166 valence electrons. The lowest BCUT2D eigenvalue weighted by atomic mass is 10.0. The number of hydrazine groups is 1. The van der Waals surface area contributed by atoms with E-state index in [2.05, 4.69) is 40.2 Å². The van der Waals surface area contributed by atoms with E-state index in [1.54, 1.807) is 36.4 Å². The van der Waals surface area contributed by atoms with Crippen LogP contribution in [0.1, 0.15) is 42.2 Å². The molecule has 4 N–H and O–H groups in total. The van der Waals surface area contributed by atoms with Gasteiger partial charge in [-0.15, -0.1) is 0 Å². The maximum Gasteiger partial charge on any atom is 0.251 e. The summed E-state index contributed by atoms with van der Waals surface area (Å²) in [5.74, 6) is -0.590. The number of carbonyl (C=O) groups excluding carboxylic acids is 2. The fraction of sp³-hybridized carbons (Fsp3) is 0.391. The summed E-state index contributed by atoms with van der Waals surface area (Å²) in [6.45, 7) is 7.51. The van der Waals surface area contributed by atoms with Gasteiger partial charge in [-0.25, -0.2) is 15.2 Å². The molecule has 7 nitrogen and oxygen atoms in total. The lowest BCUT2D eigenvalue weighted by Crippen LogP contribution is -2.39. The van der Waals surface area contributed by atoms with E-state index in [-0.39, 0.29) is 23.7 Å². The Bertz CT molecular complexity index is 869. The molecule has 2 aromatic rings. The molecular weight excluding hydrogens is 397 g/mol. The first kappa shape index (κ1) is 22.9. The van der Waals surface area contributed by atoms with E-state index in [9.17, 15) is 14.0 Å². The van der Waals surface area contributed by atoms with Crippen LogP contribution in [-0.4, -0.2) is 48.9 Å². The highest BCUT2D eigenvalue weighted by atomic mass is 19.1. The van der Waals surface area contributed by atoms with Gasteiger partial charge in [0.15, 0.2) is 0 Å². The molecule has 1 aliphatic rings. The van der Waals surface area contributed by atoms with Gasteiger partial charge in [0.1, 0.15) is 11.9 Å². The number of benzene rings is 2. The van der Waals surface area contributed by atoms with Crippen LogP contribution in [0, 0.1) is 5.82 Å². The summed E-state index contributed by atoms with van der Waals surface area (Å²) >= 11 is 0. The Morgan fingerprint density at radius 3 is 2.35 bits per heavy atom. The average molecular weight is 428 g/mol. The fourth-order valence-corrected chi connectivity index (χ4v) is 3.55. The quantitative estimate of drug-likeness (QED) is 0.494. The number of halogens is 1. The number of nitrogens with one attached hydrogen (secondary N) is 4. The molecule has 0 aliphatic carbocycles. The molecule has 31 heavy (non-hydrogen) atoms. The van der Waals surface area contributed by atoms with Crippen LogP contribution in [0.5, 0.6) is 0 Å². The van der Waals surface area contributed by atoms with Gasteiger partial charge in [0.2, 0.25) is 5.91 Å². The predicted octanol–water partition coefficient (Wildman–Crippen LogP) is 2.44. The molecule has 8 heteroatoms. The first-order valence-corrected chi connectivity index (χ1v) is 10.7. The van der Waals surface area contributed by atoms with Crippen molar-refractivity contribution >= 4 is 17.5 Å². The molecule has 2 unspecified atom stereocenters. The van der Waals surface area contributed by atoms with Crippen LogP contribution in [0.4, 0.5) is 10.1 Å². The first-order valence-electron chi connectivity index (χ1n) is 10.7. The summed E-state index contributed by atoms with van der Waals surface area (Å²) < 4.78 is 13.1.